The zero-order valence-corrected chi connectivity index (χ0v) is 16.0. The van der Waals surface area contributed by atoms with Gasteiger partial charge in [0.1, 0.15) is 5.75 Å². The number of halogens is 3. The minimum absolute atomic E-state index is 0.0142. The molecule has 2 aliphatic heterocycles. The Bertz CT molecular complexity index is 954. The van der Waals surface area contributed by atoms with Gasteiger partial charge in [0.05, 0.1) is 12.2 Å². The summed E-state index contributed by atoms with van der Waals surface area (Å²) in [4.78, 5) is 25.2. The summed E-state index contributed by atoms with van der Waals surface area (Å²) in [6.45, 7) is 1.47. The van der Waals surface area contributed by atoms with Crippen LogP contribution >= 0.6 is 0 Å². The van der Waals surface area contributed by atoms with Crippen molar-refractivity contribution in [2.75, 3.05) is 30.3 Å². The molecule has 0 atom stereocenters. The van der Waals surface area contributed by atoms with E-state index in [9.17, 15) is 22.8 Å². The van der Waals surface area contributed by atoms with Crippen LogP contribution in [0.2, 0.25) is 0 Å². The van der Waals surface area contributed by atoms with Crippen LogP contribution in [0.4, 0.5) is 29.3 Å². The number of carbonyl (C=O) groups is 2. The lowest BCUT2D eigenvalue weighted by atomic mass is 10.0. The summed E-state index contributed by atoms with van der Waals surface area (Å²) >= 11 is 0. The van der Waals surface area contributed by atoms with Crippen molar-refractivity contribution in [3.05, 3.63) is 53.6 Å². The van der Waals surface area contributed by atoms with E-state index in [4.69, 9.17) is 4.74 Å². The fourth-order valence-electron chi connectivity index (χ4n) is 3.45. The third-order valence-corrected chi connectivity index (χ3v) is 5.17. The molecule has 4 rings (SSSR count). The number of alkyl halides is 3. The minimum Gasteiger partial charge on any atom is -0.493 e. The lowest BCUT2D eigenvalue weighted by molar-refractivity contribution is -0.137. The molecule has 0 aromatic heterocycles. The summed E-state index contributed by atoms with van der Waals surface area (Å²) in [5.41, 5.74) is 1.41. The van der Waals surface area contributed by atoms with Crippen LogP contribution in [0.5, 0.6) is 5.75 Å². The third kappa shape index (κ3) is 4.50. The van der Waals surface area contributed by atoms with Gasteiger partial charge in [-0.1, -0.05) is 0 Å². The molecule has 1 saturated heterocycles. The predicted molar refractivity (Wildman–Crippen MR) is 104 cm³/mol. The van der Waals surface area contributed by atoms with Gasteiger partial charge in [-0.25, -0.2) is 4.79 Å². The number of anilines is 2. The van der Waals surface area contributed by atoms with E-state index in [2.05, 4.69) is 10.6 Å². The number of nitrogens with one attached hydrogen (secondary N) is 2. The van der Waals surface area contributed by atoms with Gasteiger partial charge in [-0.2, -0.15) is 13.2 Å². The molecule has 9 heteroatoms. The Labute approximate surface area is 171 Å². The second kappa shape index (κ2) is 7.89. The normalized spacial score (nSPS) is 16.4. The Balaban J connectivity index is 1.22. The molecular weight excluding hydrogens is 399 g/mol. The summed E-state index contributed by atoms with van der Waals surface area (Å²) in [6, 6.07) is 9.54. The number of nitrogens with zero attached hydrogens (tertiary/aromatic N) is 1. The maximum absolute atomic E-state index is 12.6. The lowest BCUT2D eigenvalue weighted by Crippen LogP contribution is -2.53. The first-order chi connectivity index (χ1) is 14.3. The summed E-state index contributed by atoms with van der Waals surface area (Å²) in [5.74, 6) is 0.914. The molecule has 2 aliphatic rings. The Kier molecular flexibility index (Phi) is 5.27. The summed E-state index contributed by atoms with van der Waals surface area (Å²) in [7, 11) is 0. The summed E-state index contributed by atoms with van der Waals surface area (Å²) < 4.78 is 43.6. The molecular formula is C21H20F3N3O3. The predicted octanol–water partition coefficient (Wildman–Crippen LogP) is 4.13. The van der Waals surface area contributed by atoms with Crippen molar-refractivity contribution in [1.82, 2.24) is 4.90 Å². The number of urea groups is 1. The van der Waals surface area contributed by atoms with Crippen LogP contribution in [0.25, 0.3) is 0 Å². The quantitative estimate of drug-likeness (QED) is 0.783. The number of rotatable bonds is 4. The van der Waals surface area contributed by atoms with Gasteiger partial charge < -0.3 is 20.3 Å². The van der Waals surface area contributed by atoms with Crippen LogP contribution in [0.1, 0.15) is 17.5 Å². The van der Waals surface area contributed by atoms with Crippen molar-refractivity contribution in [1.29, 1.82) is 0 Å². The van der Waals surface area contributed by atoms with Crippen molar-refractivity contribution in [3.63, 3.8) is 0 Å². The van der Waals surface area contributed by atoms with Crippen LogP contribution in [-0.4, -0.2) is 36.5 Å². The van der Waals surface area contributed by atoms with E-state index in [1.165, 1.54) is 12.1 Å². The van der Waals surface area contributed by atoms with E-state index in [1.807, 2.05) is 12.1 Å². The fourth-order valence-corrected chi connectivity index (χ4v) is 3.45. The highest BCUT2D eigenvalue weighted by molar-refractivity contribution is 5.94. The standard InChI is InChI=1S/C21H20F3N3O3/c22-21(23,24)15-2-4-16(5-3-15)25-20(29)27-10-13(11-27)12-30-17-6-7-18-14(9-17)1-8-19(28)26-18/h2-7,9,13H,1,8,10-12H2,(H,25,29)(H,26,28). The molecule has 2 aromatic rings. The summed E-state index contributed by atoms with van der Waals surface area (Å²) in [6.07, 6.45) is -3.26. The zero-order chi connectivity index (χ0) is 21.3. The monoisotopic (exact) mass is 419 g/mol. The molecule has 2 heterocycles. The van der Waals surface area contributed by atoms with Crippen LogP contribution in [-0.2, 0) is 17.4 Å². The van der Waals surface area contributed by atoms with Crippen molar-refractivity contribution in [2.24, 2.45) is 5.92 Å². The van der Waals surface area contributed by atoms with Gasteiger partial charge in [-0.3, -0.25) is 4.79 Å². The Morgan fingerprint density at radius 1 is 1.13 bits per heavy atom. The Morgan fingerprint density at radius 3 is 2.57 bits per heavy atom. The number of aryl methyl sites for hydroxylation is 1. The van der Waals surface area contributed by atoms with Gasteiger partial charge in [0.15, 0.2) is 0 Å². The molecule has 30 heavy (non-hydrogen) atoms. The Hall–Kier alpha value is -3.23. The number of hydrogen-bond donors (Lipinski definition) is 2. The second-order valence-electron chi connectivity index (χ2n) is 7.45. The number of hydrogen-bond acceptors (Lipinski definition) is 3. The number of benzene rings is 2. The van der Waals surface area contributed by atoms with E-state index in [1.54, 1.807) is 11.0 Å². The molecule has 0 aliphatic carbocycles. The SMILES string of the molecule is O=C1CCc2cc(OCC3CN(C(=O)Nc4ccc(C(F)(F)F)cc4)C3)ccc2N1. The number of fused-ring (bicyclic) bond motifs is 1. The largest absolute Gasteiger partial charge is 0.493 e. The van der Waals surface area contributed by atoms with Crippen LogP contribution in [0.15, 0.2) is 42.5 Å². The van der Waals surface area contributed by atoms with Gasteiger partial charge in [0.25, 0.3) is 0 Å². The first-order valence-corrected chi connectivity index (χ1v) is 9.57. The number of carbonyl (C=O) groups excluding carboxylic acids is 2. The van der Waals surface area contributed by atoms with E-state index >= 15 is 0 Å². The van der Waals surface area contributed by atoms with E-state index < -0.39 is 11.7 Å². The maximum atomic E-state index is 12.6. The number of amides is 3. The second-order valence-corrected chi connectivity index (χ2v) is 7.45. The average molecular weight is 419 g/mol. The molecule has 2 N–H and O–H groups in total. The smallest absolute Gasteiger partial charge is 0.416 e. The minimum atomic E-state index is -4.40. The highest BCUT2D eigenvalue weighted by Gasteiger charge is 2.32. The molecule has 0 spiro atoms. The molecule has 0 bridgehead atoms. The highest BCUT2D eigenvalue weighted by atomic mass is 19.4. The van der Waals surface area contributed by atoms with E-state index in [0.29, 0.717) is 38.2 Å². The van der Waals surface area contributed by atoms with Gasteiger partial charge in [-0.05, 0) is 54.4 Å². The van der Waals surface area contributed by atoms with Gasteiger partial charge in [0.2, 0.25) is 5.91 Å². The first-order valence-electron chi connectivity index (χ1n) is 9.57. The van der Waals surface area contributed by atoms with Crippen molar-refractivity contribution in [3.8, 4) is 5.75 Å². The first kappa shape index (κ1) is 20.1. The van der Waals surface area contributed by atoms with Crippen molar-refractivity contribution >= 4 is 23.3 Å². The van der Waals surface area contributed by atoms with Gasteiger partial charge >= 0.3 is 12.2 Å². The number of likely N-dealkylation sites (tertiary alicyclic amines) is 1. The topological polar surface area (TPSA) is 70.7 Å². The van der Waals surface area contributed by atoms with Gasteiger partial charge in [0, 0.05) is 36.8 Å². The fraction of sp³-hybridized carbons (Fsp3) is 0.333. The van der Waals surface area contributed by atoms with Crippen LogP contribution in [0, 0.1) is 5.92 Å². The van der Waals surface area contributed by atoms with E-state index in [0.717, 1.165) is 29.1 Å². The molecule has 1 fully saturated rings. The van der Waals surface area contributed by atoms with Gasteiger partial charge in [-0.15, -0.1) is 0 Å². The average Bonchev–Trinajstić information content (AvgIpc) is 2.66. The molecule has 158 valence electrons. The Morgan fingerprint density at radius 2 is 1.87 bits per heavy atom. The summed E-state index contributed by atoms with van der Waals surface area (Å²) in [5, 5.41) is 5.42. The molecule has 6 nitrogen and oxygen atoms in total. The zero-order valence-electron chi connectivity index (χ0n) is 16.0. The van der Waals surface area contributed by atoms with Crippen molar-refractivity contribution in [2.45, 2.75) is 19.0 Å². The highest BCUT2D eigenvalue weighted by Crippen LogP contribution is 2.30. The molecule has 0 radical (unpaired) electrons. The molecule has 0 saturated carbocycles. The third-order valence-electron chi connectivity index (χ3n) is 5.17. The van der Waals surface area contributed by atoms with E-state index in [-0.39, 0.29) is 17.9 Å². The van der Waals surface area contributed by atoms with Crippen molar-refractivity contribution < 1.29 is 27.5 Å². The molecule has 3 amide bonds. The molecule has 0 unspecified atom stereocenters. The lowest BCUT2D eigenvalue weighted by Gasteiger charge is -2.38. The maximum Gasteiger partial charge on any atom is 0.416 e. The van der Waals surface area contributed by atoms with Crippen LogP contribution in [0.3, 0.4) is 0 Å². The van der Waals surface area contributed by atoms with Crippen LogP contribution < -0.4 is 15.4 Å². The molecule has 2 aromatic carbocycles. The number of ether oxygens (including phenoxy) is 1.